The van der Waals surface area contributed by atoms with Crippen LogP contribution in [0.3, 0.4) is 0 Å². The molecular weight excluding hydrogens is 286 g/mol. The van der Waals surface area contributed by atoms with Crippen LogP contribution in [0, 0.1) is 6.92 Å². The van der Waals surface area contributed by atoms with Crippen LogP contribution < -0.4 is 4.72 Å². The molecule has 5 nitrogen and oxygen atoms in total. The molecule has 110 valence electrons. The molecule has 0 amide bonds. The van der Waals surface area contributed by atoms with Gasteiger partial charge in [-0.2, -0.15) is 0 Å². The number of aryl methyl sites for hydroxylation is 1. The molecule has 1 rings (SSSR count). The molecule has 0 saturated heterocycles. The Morgan fingerprint density at radius 1 is 1.42 bits per heavy atom. The summed E-state index contributed by atoms with van der Waals surface area (Å²) in [6, 6.07) is 1.51. The first-order valence-corrected chi connectivity index (χ1v) is 8.58. The zero-order chi connectivity index (χ0) is 14.3. The number of unbranched alkanes of at least 4 members (excludes halogenated alkanes) is 1. The van der Waals surface area contributed by atoms with Crippen LogP contribution >= 0.6 is 11.3 Å². The molecule has 0 aliphatic carbocycles. The highest BCUT2D eigenvalue weighted by molar-refractivity contribution is 7.89. The van der Waals surface area contributed by atoms with Gasteiger partial charge in [-0.05, 0) is 19.4 Å². The van der Waals surface area contributed by atoms with E-state index in [-0.39, 0.29) is 18.0 Å². The van der Waals surface area contributed by atoms with Crippen molar-refractivity contribution in [2.24, 2.45) is 0 Å². The highest BCUT2D eigenvalue weighted by Crippen LogP contribution is 2.25. The lowest BCUT2D eigenvalue weighted by atomic mass is 10.4. The fourth-order valence-electron chi connectivity index (χ4n) is 1.54. The molecule has 2 N–H and O–H groups in total. The van der Waals surface area contributed by atoms with E-state index in [0.29, 0.717) is 23.0 Å². The van der Waals surface area contributed by atoms with E-state index in [0.717, 1.165) is 12.8 Å². The van der Waals surface area contributed by atoms with E-state index in [2.05, 4.69) is 11.6 Å². The molecule has 0 bridgehead atoms. The molecule has 0 spiro atoms. The molecular formula is C12H21NO4S2. The molecule has 1 aromatic heterocycles. The van der Waals surface area contributed by atoms with Crippen molar-refractivity contribution in [2.75, 3.05) is 19.8 Å². The van der Waals surface area contributed by atoms with Gasteiger partial charge >= 0.3 is 0 Å². The molecule has 0 radical (unpaired) electrons. The minimum atomic E-state index is -3.50. The fraction of sp³-hybridized carbons (Fsp3) is 0.667. The lowest BCUT2D eigenvalue weighted by Crippen LogP contribution is -2.27. The zero-order valence-electron chi connectivity index (χ0n) is 11.3. The second-order valence-corrected chi connectivity index (χ2v) is 7.23. The lowest BCUT2D eigenvalue weighted by Gasteiger charge is -2.06. The van der Waals surface area contributed by atoms with Crippen LogP contribution in [-0.4, -0.2) is 33.3 Å². The maximum atomic E-state index is 12.0. The van der Waals surface area contributed by atoms with Gasteiger partial charge in [0, 0.05) is 22.9 Å². The molecule has 19 heavy (non-hydrogen) atoms. The Morgan fingerprint density at radius 2 is 2.16 bits per heavy atom. The Kier molecular flexibility index (Phi) is 6.95. The quantitative estimate of drug-likeness (QED) is 0.680. The number of thiophene rings is 1. The van der Waals surface area contributed by atoms with Crippen molar-refractivity contribution in [3.8, 4) is 0 Å². The summed E-state index contributed by atoms with van der Waals surface area (Å²) >= 11 is 1.29. The van der Waals surface area contributed by atoms with Gasteiger partial charge in [-0.1, -0.05) is 13.3 Å². The third-order valence-corrected chi connectivity index (χ3v) is 5.30. The highest BCUT2D eigenvalue weighted by atomic mass is 32.2. The first-order valence-electron chi connectivity index (χ1n) is 6.28. The van der Waals surface area contributed by atoms with E-state index in [9.17, 15) is 8.42 Å². The maximum Gasteiger partial charge on any atom is 0.241 e. The van der Waals surface area contributed by atoms with Crippen molar-refractivity contribution in [1.82, 2.24) is 4.72 Å². The van der Waals surface area contributed by atoms with Gasteiger partial charge in [0.1, 0.15) is 0 Å². The average molecular weight is 307 g/mol. The number of nitrogens with one attached hydrogen (secondary N) is 1. The smallest absolute Gasteiger partial charge is 0.241 e. The third kappa shape index (κ3) is 5.19. The van der Waals surface area contributed by atoms with E-state index in [1.165, 1.54) is 17.4 Å². The van der Waals surface area contributed by atoms with Crippen LogP contribution in [0.1, 0.15) is 29.5 Å². The predicted molar refractivity (Wildman–Crippen MR) is 75.9 cm³/mol. The first kappa shape index (κ1) is 16.6. The highest BCUT2D eigenvalue weighted by Gasteiger charge is 2.19. The SMILES string of the molecule is CCCCOCCNS(=O)(=O)c1cc(CO)sc1C. The van der Waals surface area contributed by atoms with E-state index >= 15 is 0 Å². The van der Waals surface area contributed by atoms with Crippen molar-refractivity contribution in [3.05, 3.63) is 15.8 Å². The number of hydrogen-bond acceptors (Lipinski definition) is 5. The molecule has 1 aromatic rings. The van der Waals surface area contributed by atoms with E-state index in [4.69, 9.17) is 9.84 Å². The predicted octanol–water partition coefficient (Wildman–Crippen LogP) is 1.64. The first-order chi connectivity index (χ1) is 9.01. The molecule has 0 aliphatic heterocycles. The van der Waals surface area contributed by atoms with Crippen molar-refractivity contribution in [3.63, 3.8) is 0 Å². The Hall–Kier alpha value is -0.470. The summed E-state index contributed by atoms with van der Waals surface area (Å²) in [6.45, 7) is 4.96. The second-order valence-electron chi connectivity index (χ2n) is 4.15. The molecule has 1 heterocycles. The molecule has 0 unspecified atom stereocenters. The molecule has 0 aliphatic rings. The largest absolute Gasteiger partial charge is 0.391 e. The van der Waals surface area contributed by atoms with Crippen molar-refractivity contribution in [2.45, 2.75) is 38.2 Å². The Balaban J connectivity index is 2.49. The van der Waals surface area contributed by atoms with Crippen LogP contribution in [0.15, 0.2) is 11.0 Å². The summed E-state index contributed by atoms with van der Waals surface area (Å²) in [6.07, 6.45) is 2.04. The number of ether oxygens (including phenoxy) is 1. The number of aliphatic hydroxyl groups is 1. The standard InChI is InChI=1S/C12H21NO4S2/c1-3-4-6-17-7-5-13-19(15,16)12-8-11(9-14)18-10(12)2/h8,13-14H,3-7,9H2,1-2H3. The minimum absolute atomic E-state index is 0.138. The van der Waals surface area contributed by atoms with Gasteiger partial charge < -0.3 is 9.84 Å². The summed E-state index contributed by atoms with van der Waals surface area (Å²) in [4.78, 5) is 1.58. The van der Waals surface area contributed by atoms with Crippen LogP contribution in [0.5, 0.6) is 0 Å². The van der Waals surface area contributed by atoms with E-state index in [1.54, 1.807) is 6.92 Å². The van der Waals surface area contributed by atoms with Gasteiger partial charge in [0.25, 0.3) is 0 Å². The summed E-state index contributed by atoms with van der Waals surface area (Å²) < 4.78 is 31.9. The maximum absolute atomic E-state index is 12.0. The van der Waals surface area contributed by atoms with Crippen molar-refractivity contribution < 1.29 is 18.3 Å². The number of aliphatic hydroxyl groups excluding tert-OH is 1. The van der Waals surface area contributed by atoms with Crippen LogP contribution in [0.2, 0.25) is 0 Å². The molecule has 7 heteroatoms. The molecule has 0 atom stereocenters. The van der Waals surface area contributed by atoms with Gasteiger partial charge in [-0.15, -0.1) is 11.3 Å². The van der Waals surface area contributed by atoms with Crippen LogP contribution in [-0.2, 0) is 21.4 Å². The summed E-state index contributed by atoms with van der Waals surface area (Å²) in [5.41, 5.74) is 0. The zero-order valence-corrected chi connectivity index (χ0v) is 12.9. The Labute approximate surface area is 118 Å². The van der Waals surface area contributed by atoms with Gasteiger partial charge in [-0.25, -0.2) is 13.1 Å². The number of hydrogen-bond donors (Lipinski definition) is 2. The van der Waals surface area contributed by atoms with E-state index < -0.39 is 10.0 Å². The lowest BCUT2D eigenvalue weighted by molar-refractivity contribution is 0.136. The average Bonchev–Trinajstić information content (AvgIpc) is 2.76. The topological polar surface area (TPSA) is 75.6 Å². The molecule has 0 fully saturated rings. The van der Waals surface area contributed by atoms with E-state index in [1.807, 2.05) is 0 Å². The summed E-state index contributed by atoms with van der Waals surface area (Å²) in [5, 5.41) is 9.01. The molecule has 0 saturated carbocycles. The fourth-order valence-corrected chi connectivity index (χ4v) is 4.05. The van der Waals surface area contributed by atoms with Crippen molar-refractivity contribution >= 4 is 21.4 Å². The summed E-state index contributed by atoms with van der Waals surface area (Å²) in [7, 11) is -3.50. The van der Waals surface area contributed by atoms with Crippen LogP contribution in [0.4, 0.5) is 0 Å². The van der Waals surface area contributed by atoms with Gasteiger partial charge in [-0.3, -0.25) is 0 Å². The van der Waals surface area contributed by atoms with Gasteiger partial charge in [0.15, 0.2) is 0 Å². The number of sulfonamides is 1. The molecule has 0 aromatic carbocycles. The van der Waals surface area contributed by atoms with Gasteiger partial charge in [0.05, 0.1) is 18.1 Å². The van der Waals surface area contributed by atoms with Crippen molar-refractivity contribution in [1.29, 1.82) is 0 Å². The summed E-state index contributed by atoms with van der Waals surface area (Å²) in [5.74, 6) is 0. The third-order valence-electron chi connectivity index (χ3n) is 2.55. The monoisotopic (exact) mass is 307 g/mol. The normalized spacial score (nSPS) is 11.9. The Morgan fingerprint density at radius 3 is 2.74 bits per heavy atom. The second kappa shape index (κ2) is 7.96. The number of rotatable bonds is 9. The minimum Gasteiger partial charge on any atom is -0.391 e. The van der Waals surface area contributed by atoms with Gasteiger partial charge in [0.2, 0.25) is 10.0 Å². The van der Waals surface area contributed by atoms with Crippen LogP contribution in [0.25, 0.3) is 0 Å². The Bertz CT molecular complexity index is 482.